The maximum absolute atomic E-state index is 12.6. The van der Waals surface area contributed by atoms with Gasteiger partial charge in [-0.2, -0.15) is 15.6 Å². The summed E-state index contributed by atoms with van der Waals surface area (Å²) in [5.41, 5.74) is 1.07. The standard InChI is InChI=1S/C11H11ClN2O2S3/c12-11-13-6-10(18-11)19(15,16)14-4-1-2-9(14)8-3-5-17-7-8/h3,5-7,9H,1-2,4H2. The van der Waals surface area contributed by atoms with Gasteiger partial charge in [-0.3, -0.25) is 0 Å². The summed E-state index contributed by atoms with van der Waals surface area (Å²) in [7, 11) is -3.48. The lowest BCUT2D eigenvalue weighted by Gasteiger charge is -2.22. The third-order valence-electron chi connectivity index (χ3n) is 3.15. The highest BCUT2D eigenvalue weighted by Crippen LogP contribution is 2.38. The number of rotatable bonds is 3. The summed E-state index contributed by atoms with van der Waals surface area (Å²) >= 11 is 8.33. The van der Waals surface area contributed by atoms with Crippen LogP contribution in [0.5, 0.6) is 0 Å². The van der Waals surface area contributed by atoms with Crippen LogP contribution in [-0.4, -0.2) is 24.3 Å². The number of sulfonamides is 1. The molecule has 1 aliphatic heterocycles. The van der Waals surface area contributed by atoms with Gasteiger partial charge in [-0.05, 0) is 35.2 Å². The highest BCUT2D eigenvalue weighted by atomic mass is 35.5. The van der Waals surface area contributed by atoms with Crippen LogP contribution in [0.15, 0.2) is 27.2 Å². The molecule has 0 aliphatic carbocycles. The Labute approximate surface area is 124 Å². The zero-order chi connectivity index (χ0) is 13.5. The van der Waals surface area contributed by atoms with Crippen molar-refractivity contribution in [1.82, 2.24) is 9.29 Å². The number of halogens is 1. The van der Waals surface area contributed by atoms with E-state index in [1.165, 1.54) is 6.20 Å². The van der Waals surface area contributed by atoms with Crippen molar-refractivity contribution in [3.63, 3.8) is 0 Å². The Hall–Kier alpha value is -0.470. The van der Waals surface area contributed by atoms with Gasteiger partial charge >= 0.3 is 0 Å². The lowest BCUT2D eigenvalue weighted by atomic mass is 10.1. The minimum absolute atomic E-state index is 0.0582. The Bertz CT molecular complexity index is 666. The third-order valence-corrected chi connectivity index (χ3v) is 7.31. The second-order valence-electron chi connectivity index (χ2n) is 4.26. The van der Waals surface area contributed by atoms with E-state index in [0.717, 1.165) is 29.7 Å². The second-order valence-corrected chi connectivity index (χ2v) is 8.77. The Balaban J connectivity index is 1.96. The number of thiophene rings is 1. The molecule has 0 saturated carbocycles. The SMILES string of the molecule is O=S(=O)(c1cnc(Cl)s1)N1CCCC1c1ccsc1. The summed E-state index contributed by atoms with van der Waals surface area (Å²) in [5.74, 6) is 0. The predicted octanol–water partition coefficient (Wildman–Crippen LogP) is 3.38. The highest BCUT2D eigenvalue weighted by molar-refractivity contribution is 7.91. The molecule has 2 aromatic heterocycles. The molecule has 1 fully saturated rings. The molecule has 4 nitrogen and oxygen atoms in total. The number of aromatic nitrogens is 1. The van der Waals surface area contributed by atoms with E-state index in [9.17, 15) is 8.42 Å². The molecule has 19 heavy (non-hydrogen) atoms. The van der Waals surface area contributed by atoms with Gasteiger partial charge in [0.05, 0.1) is 12.2 Å². The molecule has 2 aromatic rings. The Morgan fingerprint density at radius 2 is 2.32 bits per heavy atom. The molecule has 0 amide bonds. The van der Waals surface area contributed by atoms with Crippen LogP contribution < -0.4 is 0 Å². The smallest absolute Gasteiger partial charge is 0.232 e. The summed E-state index contributed by atoms with van der Waals surface area (Å²) in [6.45, 7) is 0.554. The average molecular weight is 335 g/mol. The van der Waals surface area contributed by atoms with Gasteiger partial charge in [0.25, 0.3) is 10.0 Å². The van der Waals surface area contributed by atoms with Crippen LogP contribution in [0.4, 0.5) is 0 Å². The normalized spacial score (nSPS) is 21.0. The lowest BCUT2D eigenvalue weighted by molar-refractivity contribution is 0.398. The molecule has 1 unspecified atom stereocenters. The quantitative estimate of drug-likeness (QED) is 0.864. The molecule has 1 saturated heterocycles. The fourth-order valence-electron chi connectivity index (χ4n) is 2.30. The zero-order valence-corrected chi connectivity index (χ0v) is 13.0. The minimum Gasteiger partial charge on any atom is -0.232 e. The number of thiazole rings is 1. The van der Waals surface area contributed by atoms with E-state index in [-0.39, 0.29) is 14.7 Å². The molecule has 0 aromatic carbocycles. The molecule has 3 rings (SSSR count). The average Bonchev–Trinajstić information content (AvgIpc) is 3.09. The van der Waals surface area contributed by atoms with Crippen molar-refractivity contribution in [2.45, 2.75) is 23.1 Å². The number of hydrogen-bond donors (Lipinski definition) is 0. The molecule has 102 valence electrons. The van der Waals surface area contributed by atoms with Gasteiger partial charge in [0.2, 0.25) is 0 Å². The molecule has 1 atom stereocenters. The van der Waals surface area contributed by atoms with Gasteiger partial charge in [-0.1, -0.05) is 22.9 Å². The van der Waals surface area contributed by atoms with Crippen LogP contribution in [0, 0.1) is 0 Å². The van der Waals surface area contributed by atoms with Gasteiger partial charge in [-0.15, -0.1) is 0 Å². The van der Waals surface area contributed by atoms with Gasteiger partial charge in [-0.25, -0.2) is 13.4 Å². The molecule has 3 heterocycles. The minimum atomic E-state index is -3.48. The first-order valence-corrected chi connectivity index (χ1v) is 9.32. The summed E-state index contributed by atoms with van der Waals surface area (Å²) < 4.78 is 27.2. The van der Waals surface area contributed by atoms with Crippen molar-refractivity contribution in [2.75, 3.05) is 6.54 Å². The largest absolute Gasteiger partial charge is 0.254 e. The van der Waals surface area contributed by atoms with E-state index < -0.39 is 10.0 Å². The predicted molar refractivity (Wildman–Crippen MR) is 77.3 cm³/mol. The van der Waals surface area contributed by atoms with Crippen molar-refractivity contribution in [2.24, 2.45) is 0 Å². The monoisotopic (exact) mass is 334 g/mol. The molecule has 0 radical (unpaired) electrons. The summed E-state index contributed by atoms with van der Waals surface area (Å²) in [5, 5.41) is 3.99. The van der Waals surface area contributed by atoms with Crippen molar-refractivity contribution < 1.29 is 8.42 Å². The van der Waals surface area contributed by atoms with E-state index in [4.69, 9.17) is 11.6 Å². The molecular formula is C11H11ClN2O2S3. The van der Waals surface area contributed by atoms with Crippen LogP contribution in [0.25, 0.3) is 0 Å². The number of hydrogen-bond acceptors (Lipinski definition) is 5. The van der Waals surface area contributed by atoms with Gasteiger partial charge < -0.3 is 0 Å². The van der Waals surface area contributed by atoms with Crippen LogP contribution in [0.2, 0.25) is 4.47 Å². The van der Waals surface area contributed by atoms with Crippen LogP contribution in [-0.2, 0) is 10.0 Å². The first-order valence-electron chi connectivity index (χ1n) is 5.74. The van der Waals surface area contributed by atoms with Crippen molar-refractivity contribution in [3.8, 4) is 0 Å². The van der Waals surface area contributed by atoms with Gasteiger partial charge in [0, 0.05) is 6.54 Å². The summed E-state index contributed by atoms with van der Waals surface area (Å²) in [6, 6.07) is 1.93. The molecular weight excluding hydrogens is 324 g/mol. The first-order chi connectivity index (χ1) is 9.09. The maximum Gasteiger partial charge on any atom is 0.254 e. The Morgan fingerprint density at radius 1 is 1.47 bits per heavy atom. The van der Waals surface area contributed by atoms with Crippen molar-refractivity contribution >= 4 is 44.3 Å². The van der Waals surface area contributed by atoms with Gasteiger partial charge in [0.1, 0.15) is 0 Å². The zero-order valence-electron chi connectivity index (χ0n) is 9.82. The molecule has 1 aliphatic rings. The molecule has 0 N–H and O–H groups in total. The first kappa shape index (κ1) is 13.5. The van der Waals surface area contributed by atoms with Crippen LogP contribution >= 0.6 is 34.3 Å². The van der Waals surface area contributed by atoms with E-state index in [2.05, 4.69) is 4.98 Å². The van der Waals surface area contributed by atoms with E-state index in [0.29, 0.717) is 6.54 Å². The Morgan fingerprint density at radius 3 is 2.95 bits per heavy atom. The highest BCUT2D eigenvalue weighted by Gasteiger charge is 2.37. The third kappa shape index (κ3) is 2.45. The Kier molecular flexibility index (Phi) is 3.65. The van der Waals surface area contributed by atoms with Crippen molar-refractivity contribution in [3.05, 3.63) is 33.1 Å². The second kappa shape index (κ2) is 5.14. The van der Waals surface area contributed by atoms with Crippen LogP contribution in [0.3, 0.4) is 0 Å². The molecule has 0 bridgehead atoms. The van der Waals surface area contributed by atoms with Crippen LogP contribution in [0.1, 0.15) is 24.4 Å². The van der Waals surface area contributed by atoms with E-state index >= 15 is 0 Å². The summed E-state index contributed by atoms with van der Waals surface area (Å²) in [4.78, 5) is 3.82. The topological polar surface area (TPSA) is 50.3 Å². The molecule has 0 spiro atoms. The van der Waals surface area contributed by atoms with Crippen molar-refractivity contribution in [1.29, 1.82) is 0 Å². The maximum atomic E-state index is 12.6. The fourth-order valence-corrected chi connectivity index (χ4v) is 6.11. The summed E-state index contributed by atoms with van der Waals surface area (Å²) in [6.07, 6.45) is 3.08. The fraction of sp³-hybridized carbons (Fsp3) is 0.364. The number of nitrogens with zero attached hydrogens (tertiary/aromatic N) is 2. The van der Waals surface area contributed by atoms with E-state index in [1.54, 1.807) is 15.6 Å². The lowest BCUT2D eigenvalue weighted by Crippen LogP contribution is -2.29. The van der Waals surface area contributed by atoms with Gasteiger partial charge in [0.15, 0.2) is 8.68 Å². The van der Waals surface area contributed by atoms with E-state index in [1.807, 2.05) is 16.8 Å². The molecule has 8 heteroatoms.